The van der Waals surface area contributed by atoms with Gasteiger partial charge in [0.15, 0.2) is 0 Å². The average molecular weight is 301 g/mol. The molecule has 0 bridgehead atoms. The van der Waals surface area contributed by atoms with E-state index in [1.807, 2.05) is 31.2 Å². The third-order valence-corrected chi connectivity index (χ3v) is 4.12. The van der Waals surface area contributed by atoms with Gasteiger partial charge in [0.25, 0.3) is 0 Å². The maximum atomic E-state index is 14.2. The lowest BCUT2D eigenvalue weighted by Crippen LogP contribution is -1.86. The van der Waals surface area contributed by atoms with Crippen molar-refractivity contribution in [3.05, 3.63) is 65.7 Å². The maximum Gasteiger partial charge on any atom is 0.131 e. The third kappa shape index (κ3) is 2.06. The zero-order chi connectivity index (χ0) is 16.0. The lowest BCUT2D eigenvalue weighted by Gasteiger charge is -2.04. The number of aryl methyl sites for hydroxylation is 1. The quantitative estimate of drug-likeness (QED) is 0.554. The zero-order valence-electron chi connectivity index (χ0n) is 12.4. The molecular weight excluding hydrogens is 289 g/mol. The van der Waals surface area contributed by atoms with Crippen LogP contribution in [0.3, 0.4) is 0 Å². The Kier molecular flexibility index (Phi) is 2.88. The van der Waals surface area contributed by atoms with Crippen LogP contribution >= 0.6 is 0 Å². The minimum atomic E-state index is -0.332. The van der Waals surface area contributed by atoms with Crippen LogP contribution in [0.5, 0.6) is 0 Å². The normalized spacial score (nSPS) is 11.0. The van der Waals surface area contributed by atoms with E-state index >= 15 is 0 Å². The van der Waals surface area contributed by atoms with Gasteiger partial charge in [0, 0.05) is 28.0 Å². The standard InChI is InChI=1S/C19H12FN3/c1-11-19-14(6-7-22-11)16-9-13(3-5-18(16)23-19)15-8-12(10-21)2-4-17(15)20/h2-9,23H,1H3. The summed E-state index contributed by atoms with van der Waals surface area (Å²) in [4.78, 5) is 7.65. The maximum absolute atomic E-state index is 14.2. The van der Waals surface area contributed by atoms with Gasteiger partial charge in [-0.1, -0.05) is 6.07 Å². The van der Waals surface area contributed by atoms with E-state index in [1.54, 1.807) is 12.3 Å². The van der Waals surface area contributed by atoms with E-state index in [1.165, 1.54) is 12.1 Å². The predicted octanol–water partition coefficient (Wildman–Crippen LogP) is 4.70. The number of rotatable bonds is 1. The molecule has 1 N–H and O–H groups in total. The second-order valence-corrected chi connectivity index (χ2v) is 5.51. The van der Waals surface area contributed by atoms with Gasteiger partial charge in [0.05, 0.1) is 22.8 Å². The molecule has 0 saturated heterocycles. The highest BCUT2D eigenvalue weighted by Crippen LogP contribution is 2.32. The number of aromatic nitrogens is 2. The van der Waals surface area contributed by atoms with Gasteiger partial charge >= 0.3 is 0 Å². The van der Waals surface area contributed by atoms with Crippen molar-refractivity contribution in [1.29, 1.82) is 5.26 Å². The second-order valence-electron chi connectivity index (χ2n) is 5.51. The molecule has 110 valence electrons. The smallest absolute Gasteiger partial charge is 0.131 e. The molecule has 2 heterocycles. The summed E-state index contributed by atoms with van der Waals surface area (Å²) in [5.74, 6) is -0.332. The first-order valence-corrected chi connectivity index (χ1v) is 7.24. The Morgan fingerprint density at radius 3 is 2.78 bits per heavy atom. The summed E-state index contributed by atoms with van der Waals surface area (Å²) in [6, 6.07) is 14.2. The van der Waals surface area contributed by atoms with Crippen molar-refractivity contribution in [3.8, 4) is 17.2 Å². The summed E-state index contributed by atoms with van der Waals surface area (Å²) >= 11 is 0. The summed E-state index contributed by atoms with van der Waals surface area (Å²) in [6.45, 7) is 1.95. The van der Waals surface area contributed by atoms with Gasteiger partial charge in [-0.15, -0.1) is 0 Å². The molecule has 0 aliphatic carbocycles. The Bertz CT molecular complexity index is 1100. The largest absolute Gasteiger partial charge is 0.353 e. The average Bonchev–Trinajstić information content (AvgIpc) is 2.95. The zero-order valence-corrected chi connectivity index (χ0v) is 12.4. The number of H-pyrrole nitrogens is 1. The predicted molar refractivity (Wildman–Crippen MR) is 88.4 cm³/mol. The van der Waals surface area contributed by atoms with E-state index in [9.17, 15) is 4.39 Å². The van der Waals surface area contributed by atoms with Crippen LogP contribution in [-0.2, 0) is 0 Å². The van der Waals surface area contributed by atoms with Crippen LogP contribution in [0.1, 0.15) is 11.3 Å². The first-order chi connectivity index (χ1) is 11.2. The molecule has 3 nitrogen and oxygen atoms in total. The van der Waals surface area contributed by atoms with Crippen molar-refractivity contribution >= 4 is 21.8 Å². The van der Waals surface area contributed by atoms with Gasteiger partial charge in [-0.05, 0) is 48.9 Å². The molecule has 0 spiro atoms. The summed E-state index contributed by atoms with van der Waals surface area (Å²) in [5, 5.41) is 11.1. The highest BCUT2D eigenvalue weighted by molar-refractivity contribution is 6.09. The number of pyridine rings is 1. The molecule has 23 heavy (non-hydrogen) atoms. The van der Waals surface area contributed by atoms with Crippen molar-refractivity contribution < 1.29 is 4.39 Å². The molecule has 0 aliphatic heterocycles. The lowest BCUT2D eigenvalue weighted by atomic mass is 10.0. The van der Waals surface area contributed by atoms with Crippen LogP contribution in [0.2, 0.25) is 0 Å². The first kappa shape index (κ1) is 13.5. The summed E-state index contributed by atoms with van der Waals surface area (Å²) < 4.78 is 14.2. The van der Waals surface area contributed by atoms with Crippen LogP contribution in [0.4, 0.5) is 4.39 Å². The number of nitrogens with zero attached hydrogens (tertiary/aromatic N) is 2. The topological polar surface area (TPSA) is 52.5 Å². The number of aromatic amines is 1. The van der Waals surface area contributed by atoms with Gasteiger partial charge in [-0.25, -0.2) is 4.39 Å². The van der Waals surface area contributed by atoms with E-state index in [0.717, 1.165) is 33.1 Å². The fourth-order valence-electron chi connectivity index (χ4n) is 2.94. The van der Waals surface area contributed by atoms with Crippen molar-refractivity contribution in [2.45, 2.75) is 6.92 Å². The Morgan fingerprint density at radius 1 is 1.09 bits per heavy atom. The molecular formula is C19H12FN3. The van der Waals surface area contributed by atoms with Crippen LogP contribution < -0.4 is 0 Å². The number of fused-ring (bicyclic) bond motifs is 3. The number of hydrogen-bond acceptors (Lipinski definition) is 2. The number of nitriles is 1. The molecule has 4 rings (SSSR count). The van der Waals surface area contributed by atoms with Crippen LogP contribution in [0.25, 0.3) is 32.9 Å². The molecule has 0 aliphatic rings. The summed E-state index contributed by atoms with van der Waals surface area (Å²) in [6.07, 6.45) is 1.77. The van der Waals surface area contributed by atoms with E-state index in [4.69, 9.17) is 5.26 Å². The van der Waals surface area contributed by atoms with Crippen molar-refractivity contribution in [3.63, 3.8) is 0 Å². The van der Waals surface area contributed by atoms with Gasteiger partial charge in [-0.2, -0.15) is 5.26 Å². The minimum absolute atomic E-state index is 0.332. The molecule has 0 amide bonds. The monoisotopic (exact) mass is 301 g/mol. The Morgan fingerprint density at radius 2 is 1.96 bits per heavy atom. The van der Waals surface area contributed by atoms with Crippen molar-refractivity contribution in [2.24, 2.45) is 0 Å². The van der Waals surface area contributed by atoms with E-state index < -0.39 is 0 Å². The lowest BCUT2D eigenvalue weighted by molar-refractivity contribution is 0.631. The number of nitrogens with one attached hydrogen (secondary N) is 1. The minimum Gasteiger partial charge on any atom is -0.353 e. The number of hydrogen-bond donors (Lipinski definition) is 1. The molecule has 4 heteroatoms. The fraction of sp³-hybridized carbons (Fsp3) is 0.0526. The van der Waals surface area contributed by atoms with Crippen LogP contribution in [-0.4, -0.2) is 9.97 Å². The van der Waals surface area contributed by atoms with Gasteiger partial charge in [-0.3, -0.25) is 4.98 Å². The molecule has 2 aromatic carbocycles. The van der Waals surface area contributed by atoms with Gasteiger partial charge in [0.1, 0.15) is 5.82 Å². The van der Waals surface area contributed by atoms with E-state index in [2.05, 4.69) is 16.0 Å². The van der Waals surface area contributed by atoms with Crippen molar-refractivity contribution in [1.82, 2.24) is 9.97 Å². The van der Waals surface area contributed by atoms with E-state index in [0.29, 0.717) is 11.1 Å². The SMILES string of the molecule is Cc1nccc2c1[nH]c1ccc(-c3cc(C#N)ccc3F)cc12. The third-order valence-electron chi connectivity index (χ3n) is 4.12. The highest BCUT2D eigenvalue weighted by atomic mass is 19.1. The summed E-state index contributed by atoms with van der Waals surface area (Å²) in [7, 11) is 0. The van der Waals surface area contributed by atoms with Crippen LogP contribution in [0.15, 0.2) is 48.7 Å². The van der Waals surface area contributed by atoms with Crippen molar-refractivity contribution in [2.75, 3.05) is 0 Å². The second kappa shape index (κ2) is 4.92. The number of benzene rings is 2. The van der Waals surface area contributed by atoms with E-state index in [-0.39, 0.29) is 5.82 Å². The molecule has 0 unspecified atom stereocenters. The highest BCUT2D eigenvalue weighted by Gasteiger charge is 2.11. The number of halogens is 1. The molecule has 0 atom stereocenters. The van der Waals surface area contributed by atoms with Gasteiger partial charge in [0.2, 0.25) is 0 Å². The summed E-state index contributed by atoms with van der Waals surface area (Å²) in [5.41, 5.74) is 4.54. The molecule has 2 aromatic heterocycles. The molecule has 0 fully saturated rings. The fourth-order valence-corrected chi connectivity index (χ4v) is 2.94. The molecule has 0 radical (unpaired) electrons. The molecule has 0 saturated carbocycles. The first-order valence-electron chi connectivity index (χ1n) is 7.24. The molecule has 4 aromatic rings. The Labute approximate surface area is 132 Å². The Balaban J connectivity index is 2.01. The van der Waals surface area contributed by atoms with Crippen LogP contribution in [0, 0.1) is 24.1 Å². The van der Waals surface area contributed by atoms with Gasteiger partial charge < -0.3 is 4.98 Å². The Hall–Kier alpha value is -3.19.